The highest BCUT2D eigenvalue weighted by Gasteiger charge is 2.15. The molecule has 5 nitrogen and oxygen atoms in total. The summed E-state index contributed by atoms with van der Waals surface area (Å²) < 4.78 is 0. The minimum atomic E-state index is -0.279. The summed E-state index contributed by atoms with van der Waals surface area (Å²) in [6, 6.07) is 6.39. The third-order valence-corrected chi connectivity index (χ3v) is 2.87. The first kappa shape index (κ1) is 11.7. The molecule has 1 atom stereocenters. The van der Waals surface area contributed by atoms with Crippen LogP contribution in [0.25, 0.3) is 0 Å². The minimum absolute atomic E-state index is 0.0742. The van der Waals surface area contributed by atoms with Gasteiger partial charge in [0.15, 0.2) is 0 Å². The molecule has 1 fully saturated rings. The molecule has 0 spiro atoms. The van der Waals surface area contributed by atoms with E-state index in [4.69, 9.17) is 0 Å². The third-order valence-electron chi connectivity index (χ3n) is 2.87. The smallest absolute Gasteiger partial charge is 0.319 e. The number of para-hydroxylation sites is 2. The largest absolute Gasteiger partial charge is 0.506 e. The highest BCUT2D eigenvalue weighted by atomic mass is 16.3. The fourth-order valence-electron chi connectivity index (χ4n) is 1.87. The quantitative estimate of drug-likeness (QED) is 0.593. The molecule has 1 unspecified atom stereocenters. The lowest BCUT2D eigenvalue weighted by Gasteiger charge is -2.11. The average Bonchev–Trinajstić information content (AvgIpc) is 2.82. The zero-order chi connectivity index (χ0) is 12.1. The molecule has 2 amide bonds. The third kappa shape index (κ3) is 3.35. The fourth-order valence-corrected chi connectivity index (χ4v) is 1.87. The fraction of sp³-hybridized carbons (Fsp3) is 0.417. The molecule has 17 heavy (non-hydrogen) atoms. The molecule has 5 heteroatoms. The highest BCUT2D eigenvalue weighted by Crippen LogP contribution is 2.21. The monoisotopic (exact) mass is 235 g/mol. The number of nitrogens with one attached hydrogen (secondary N) is 3. The molecule has 1 aromatic carbocycles. The topological polar surface area (TPSA) is 73.4 Å². The summed E-state index contributed by atoms with van der Waals surface area (Å²) in [5.74, 6) is 0.579. The van der Waals surface area contributed by atoms with Crippen molar-refractivity contribution in [3.05, 3.63) is 24.3 Å². The number of aromatic hydroxyl groups is 1. The second kappa shape index (κ2) is 5.54. The second-order valence-electron chi connectivity index (χ2n) is 4.21. The summed E-state index contributed by atoms with van der Waals surface area (Å²) in [5, 5.41) is 18.1. The summed E-state index contributed by atoms with van der Waals surface area (Å²) in [4.78, 5) is 11.6. The predicted molar refractivity (Wildman–Crippen MR) is 66.1 cm³/mol. The SMILES string of the molecule is O=C(NCC1CCNC1)Nc1ccccc1O. The van der Waals surface area contributed by atoms with Crippen LogP contribution < -0.4 is 16.0 Å². The summed E-state index contributed by atoms with van der Waals surface area (Å²) in [5.41, 5.74) is 0.426. The van der Waals surface area contributed by atoms with Gasteiger partial charge in [0.05, 0.1) is 5.69 Å². The Hall–Kier alpha value is -1.75. The summed E-state index contributed by atoms with van der Waals surface area (Å²) in [6.45, 7) is 2.64. The van der Waals surface area contributed by atoms with Crippen LogP contribution in [0, 0.1) is 5.92 Å². The number of rotatable bonds is 3. The first-order chi connectivity index (χ1) is 8.25. The van der Waals surface area contributed by atoms with Gasteiger partial charge in [-0.2, -0.15) is 0 Å². The van der Waals surface area contributed by atoms with Crippen molar-refractivity contribution in [2.45, 2.75) is 6.42 Å². The van der Waals surface area contributed by atoms with Gasteiger partial charge in [-0.25, -0.2) is 4.79 Å². The van der Waals surface area contributed by atoms with Crippen LogP contribution in [-0.2, 0) is 0 Å². The molecule has 1 aliphatic rings. The maximum atomic E-state index is 11.6. The van der Waals surface area contributed by atoms with Crippen LogP contribution in [0.4, 0.5) is 10.5 Å². The van der Waals surface area contributed by atoms with Crippen LogP contribution in [-0.4, -0.2) is 30.8 Å². The molecular formula is C12H17N3O2. The summed E-state index contributed by atoms with van der Waals surface area (Å²) in [6.07, 6.45) is 1.09. The lowest BCUT2D eigenvalue weighted by Crippen LogP contribution is -2.33. The van der Waals surface area contributed by atoms with Crippen LogP contribution in [0.3, 0.4) is 0 Å². The number of amides is 2. The van der Waals surface area contributed by atoms with E-state index in [2.05, 4.69) is 16.0 Å². The Morgan fingerprint density at radius 1 is 1.47 bits per heavy atom. The molecule has 1 aromatic rings. The Kier molecular flexibility index (Phi) is 3.82. The molecule has 0 aromatic heterocycles. The number of phenols is 1. The number of phenolic OH excluding ortho intramolecular Hbond substituents is 1. The standard InChI is InChI=1S/C12H17N3O2/c16-11-4-2-1-3-10(11)15-12(17)14-8-9-5-6-13-7-9/h1-4,9,13,16H,5-8H2,(H2,14,15,17). The van der Waals surface area contributed by atoms with E-state index in [1.54, 1.807) is 18.2 Å². The summed E-state index contributed by atoms with van der Waals surface area (Å²) >= 11 is 0. The number of benzene rings is 1. The van der Waals surface area contributed by atoms with Crippen molar-refractivity contribution in [1.29, 1.82) is 0 Å². The Bertz CT molecular complexity index is 389. The first-order valence-corrected chi connectivity index (χ1v) is 5.79. The number of hydrogen-bond donors (Lipinski definition) is 4. The Balaban J connectivity index is 1.79. The Morgan fingerprint density at radius 2 is 2.29 bits per heavy atom. The van der Waals surface area contributed by atoms with Gasteiger partial charge in [0.1, 0.15) is 5.75 Å². The maximum absolute atomic E-state index is 11.6. The molecular weight excluding hydrogens is 218 g/mol. The number of hydrogen-bond acceptors (Lipinski definition) is 3. The average molecular weight is 235 g/mol. The maximum Gasteiger partial charge on any atom is 0.319 e. The Morgan fingerprint density at radius 3 is 3.00 bits per heavy atom. The first-order valence-electron chi connectivity index (χ1n) is 5.79. The van der Waals surface area contributed by atoms with E-state index in [0.29, 0.717) is 18.2 Å². The van der Waals surface area contributed by atoms with E-state index in [1.807, 2.05) is 0 Å². The second-order valence-corrected chi connectivity index (χ2v) is 4.21. The van der Waals surface area contributed by atoms with Crippen LogP contribution >= 0.6 is 0 Å². The van der Waals surface area contributed by atoms with E-state index in [-0.39, 0.29) is 11.8 Å². The lowest BCUT2D eigenvalue weighted by molar-refractivity contribution is 0.250. The van der Waals surface area contributed by atoms with Gasteiger partial charge in [-0.05, 0) is 37.6 Å². The molecule has 2 rings (SSSR count). The number of urea groups is 1. The van der Waals surface area contributed by atoms with Crippen LogP contribution in [0.1, 0.15) is 6.42 Å². The van der Waals surface area contributed by atoms with Gasteiger partial charge in [0.25, 0.3) is 0 Å². The van der Waals surface area contributed by atoms with Gasteiger partial charge in [0.2, 0.25) is 0 Å². The van der Waals surface area contributed by atoms with Gasteiger partial charge in [-0.15, -0.1) is 0 Å². The predicted octanol–water partition coefficient (Wildman–Crippen LogP) is 1.12. The van der Waals surface area contributed by atoms with E-state index in [0.717, 1.165) is 19.5 Å². The normalized spacial score (nSPS) is 18.9. The molecule has 0 aliphatic carbocycles. The van der Waals surface area contributed by atoms with E-state index >= 15 is 0 Å². The van der Waals surface area contributed by atoms with Crippen molar-refractivity contribution in [3.63, 3.8) is 0 Å². The van der Waals surface area contributed by atoms with E-state index in [9.17, 15) is 9.90 Å². The van der Waals surface area contributed by atoms with Crippen LogP contribution in [0.2, 0.25) is 0 Å². The van der Waals surface area contributed by atoms with E-state index < -0.39 is 0 Å². The Labute approximate surface area is 100 Å². The van der Waals surface area contributed by atoms with E-state index in [1.165, 1.54) is 6.07 Å². The minimum Gasteiger partial charge on any atom is -0.506 e. The van der Waals surface area contributed by atoms with Gasteiger partial charge in [-0.1, -0.05) is 12.1 Å². The van der Waals surface area contributed by atoms with Crippen LogP contribution in [0.5, 0.6) is 5.75 Å². The van der Waals surface area contributed by atoms with Gasteiger partial charge in [0, 0.05) is 6.54 Å². The number of carbonyl (C=O) groups excluding carboxylic acids is 1. The number of carbonyl (C=O) groups is 1. The zero-order valence-corrected chi connectivity index (χ0v) is 9.57. The van der Waals surface area contributed by atoms with Crippen molar-refractivity contribution < 1.29 is 9.90 Å². The van der Waals surface area contributed by atoms with Crippen molar-refractivity contribution in [1.82, 2.24) is 10.6 Å². The molecule has 92 valence electrons. The van der Waals surface area contributed by atoms with Crippen molar-refractivity contribution in [2.75, 3.05) is 25.0 Å². The molecule has 1 aliphatic heterocycles. The molecule has 0 bridgehead atoms. The van der Waals surface area contributed by atoms with Crippen molar-refractivity contribution >= 4 is 11.7 Å². The lowest BCUT2D eigenvalue weighted by atomic mass is 10.1. The molecule has 0 radical (unpaired) electrons. The van der Waals surface area contributed by atoms with Crippen molar-refractivity contribution in [2.24, 2.45) is 5.92 Å². The molecule has 0 saturated carbocycles. The van der Waals surface area contributed by atoms with Gasteiger partial charge >= 0.3 is 6.03 Å². The van der Waals surface area contributed by atoms with Gasteiger partial charge < -0.3 is 21.1 Å². The molecule has 4 N–H and O–H groups in total. The van der Waals surface area contributed by atoms with Crippen molar-refractivity contribution in [3.8, 4) is 5.75 Å². The molecule has 1 saturated heterocycles. The number of anilines is 1. The summed E-state index contributed by atoms with van der Waals surface area (Å²) in [7, 11) is 0. The van der Waals surface area contributed by atoms with Crippen LogP contribution in [0.15, 0.2) is 24.3 Å². The zero-order valence-electron chi connectivity index (χ0n) is 9.57. The molecule has 1 heterocycles. The van der Waals surface area contributed by atoms with Gasteiger partial charge in [-0.3, -0.25) is 0 Å². The highest BCUT2D eigenvalue weighted by molar-refractivity contribution is 5.90.